The molecule has 2 aromatic rings. The van der Waals surface area contributed by atoms with Gasteiger partial charge < -0.3 is 15.1 Å². The normalized spacial score (nSPS) is 16.0. The first-order chi connectivity index (χ1) is 11.6. The first kappa shape index (κ1) is 17.6. The van der Waals surface area contributed by atoms with Crippen molar-refractivity contribution < 1.29 is 4.90 Å². The zero-order valence-electron chi connectivity index (χ0n) is 14.5. The third kappa shape index (κ3) is 4.43. The Morgan fingerprint density at radius 3 is 2.79 bits per heavy atom. The van der Waals surface area contributed by atoms with Crippen molar-refractivity contribution in [1.82, 2.24) is 15.2 Å². The lowest BCUT2D eigenvalue weighted by molar-refractivity contribution is -0.858. The molecule has 1 aromatic carbocycles. The minimum absolute atomic E-state index is 0.582. The summed E-state index contributed by atoms with van der Waals surface area (Å²) in [6.45, 7) is 4.22. The smallest absolute Gasteiger partial charge is 0.168 e. The van der Waals surface area contributed by atoms with Gasteiger partial charge in [-0.2, -0.15) is 0 Å². The molecule has 1 aliphatic rings. The van der Waals surface area contributed by atoms with Crippen LogP contribution in [-0.2, 0) is 0 Å². The number of thiazole rings is 1. The van der Waals surface area contributed by atoms with Crippen LogP contribution in [0.25, 0.3) is 10.2 Å². The van der Waals surface area contributed by atoms with Crippen molar-refractivity contribution in [3.8, 4) is 0 Å². The molecule has 2 heterocycles. The van der Waals surface area contributed by atoms with Gasteiger partial charge in [-0.15, -0.1) is 11.3 Å². The van der Waals surface area contributed by atoms with E-state index in [1.807, 2.05) is 11.3 Å². The van der Waals surface area contributed by atoms with E-state index in [1.54, 1.807) is 0 Å². The third-order valence-electron chi connectivity index (χ3n) is 4.57. The molecule has 2 N–H and O–H groups in total. The molecule has 0 aliphatic carbocycles. The molecule has 4 nitrogen and oxygen atoms in total. The standard InChI is InChI=1S/C18H26N4S2/c1-21(2)11-5-10-19-18(23)22-12-8-14(9-13-22)17-20-15-6-3-4-7-16(15)24-17/h3-4,6-7,14H,5,8-13H2,1-2H3,(H,19,23)/p+1. The zero-order chi connectivity index (χ0) is 16.9. The Bertz CT molecular complexity index is 641. The third-order valence-corrected chi connectivity index (χ3v) is 6.17. The number of likely N-dealkylation sites (tertiary alicyclic amines) is 1. The van der Waals surface area contributed by atoms with Gasteiger partial charge in [-0.25, -0.2) is 4.98 Å². The van der Waals surface area contributed by atoms with Gasteiger partial charge in [-0.1, -0.05) is 12.1 Å². The van der Waals surface area contributed by atoms with E-state index in [0.29, 0.717) is 5.92 Å². The summed E-state index contributed by atoms with van der Waals surface area (Å²) >= 11 is 7.41. The summed E-state index contributed by atoms with van der Waals surface area (Å²) in [6.07, 6.45) is 3.44. The van der Waals surface area contributed by atoms with Crippen molar-refractivity contribution in [3.63, 3.8) is 0 Å². The summed E-state index contributed by atoms with van der Waals surface area (Å²) in [6, 6.07) is 8.43. The van der Waals surface area contributed by atoms with Crippen LogP contribution in [0.3, 0.4) is 0 Å². The van der Waals surface area contributed by atoms with Gasteiger partial charge in [0.1, 0.15) is 0 Å². The number of thiocarbonyl (C=S) groups is 1. The number of nitrogens with one attached hydrogen (secondary N) is 2. The number of piperidine rings is 1. The molecule has 1 aromatic heterocycles. The molecule has 1 aliphatic heterocycles. The monoisotopic (exact) mass is 363 g/mol. The quantitative estimate of drug-likeness (QED) is 0.628. The number of quaternary nitrogens is 1. The number of benzene rings is 1. The molecular weight excluding hydrogens is 336 g/mol. The van der Waals surface area contributed by atoms with E-state index in [-0.39, 0.29) is 0 Å². The summed E-state index contributed by atoms with van der Waals surface area (Å²) in [5.41, 5.74) is 1.14. The first-order valence-corrected chi connectivity index (χ1v) is 10.0. The van der Waals surface area contributed by atoms with Crippen LogP contribution in [0.2, 0.25) is 0 Å². The van der Waals surface area contributed by atoms with Gasteiger partial charge in [0.05, 0.1) is 35.9 Å². The van der Waals surface area contributed by atoms with Gasteiger partial charge in [0.2, 0.25) is 0 Å². The van der Waals surface area contributed by atoms with Crippen molar-refractivity contribution in [2.24, 2.45) is 0 Å². The Kier molecular flexibility index (Phi) is 6.03. The fourth-order valence-corrected chi connectivity index (χ4v) is 4.56. The lowest BCUT2D eigenvalue weighted by Crippen LogP contribution is -3.05. The molecule has 0 spiro atoms. The highest BCUT2D eigenvalue weighted by Crippen LogP contribution is 2.33. The molecule has 3 rings (SSSR count). The van der Waals surface area contributed by atoms with Crippen LogP contribution in [0, 0.1) is 0 Å². The maximum Gasteiger partial charge on any atom is 0.168 e. The fraction of sp³-hybridized carbons (Fsp3) is 0.556. The molecule has 130 valence electrons. The number of hydrogen-bond acceptors (Lipinski definition) is 3. The molecule has 0 saturated carbocycles. The number of nitrogens with zero attached hydrogens (tertiary/aromatic N) is 2. The highest BCUT2D eigenvalue weighted by atomic mass is 32.1. The first-order valence-electron chi connectivity index (χ1n) is 8.81. The van der Waals surface area contributed by atoms with Crippen LogP contribution >= 0.6 is 23.6 Å². The number of para-hydroxylation sites is 1. The van der Waals surface area contributed by atoms with E-state index >= 15 is 0 Å². The van der Waals surface area contributed by atoms with Gasteiger partial charge in [0.25, 0.3) is 0 Å². The number of rotatable bonds is 5. The largest absolute Gasteiger partial charge is 0.362 e. The molecule has 1 saturated heterocycles. The van der Waals surface area contributed by atoms with Crippen LogP contribution < -0.4 is 10.2 Å². The molecule has 0 amide bonds. The number of hydrogen-bond donors (Lipinski definition) is 2. The van der Waals surface area contributed by atoms with Crippen molar-refractivity contribution in [2.75, 3.05) is 40.3 Å². The van der Waals surface area contributed by atoms with E-state index in [9.17, 15) is 0 Å². The fourth-order valence-electron chi connectivity index (χ4n) is 3.14. The molecule has 0 radical (unpaired) electrons. The second-order valence-corrected chi connectivity index (χ2v) is 8.27. The minimum atomic E-state index is 0.582. The maximum absolute atomic E-state index is 5.56. The second-order valence-electron chi connectivity index (χ2n) is 6.82. The maximum atomic E-state index is 5.56. The Morgan fingerprint density at radius 2 is 2.08 bits per heavy atom. The topological polar surface area (TPSA) is 32.6 Å². The average Bonchev–Trinajstić information content (AvgIpc) is 3.02. The van der Waals surface area contributed by atoms with Crippen LogP contribution in [0.1, 0.15) is 30.2 Å². The van der Waals surface area contributed by atoms with Gasteiger partial charge in [-0.05, 0) is 37.2 Å². The van der Waals surface area contributed by atoms with E-state index < -0.39 is 0 Å². The van der Waals surface area contributed by atoms with Crippen molar-refractivity contribution in [1.29, 1.82) is 0 Å². The summed E-state index contributed by atoms with van der Waals surface area (Å²) < 4.78 is 1.30. The Labute approximate surface area is 153 Å². The molecule has 1 fully saturated rings. The number of fused-ring (bicyclic) bond motifs is 1. The van der Waals surface area contributed by atoms with Crippen LogP contribution in [0.4, 0.5) is 0 Å². The molecule has 0 atom stereocenters. The summed E-state index contributed by atoms with van der Waals surface area (Å²) in [4.78, 5) is 8.64. The highest BCUT2D eigenvalue weighted by Gasteiger charge is 2.24. The minimum Gasteiger partial charge on any atom is -0.362 e. The van der Waals surface area contributed by atoms with Crippen LogP contribution in [-0.4, -0.2) is 55.3 Å². The Hall–Kier alpha value is -1.24. The lowest BCUT2D eigenvalue weighted by atomic mass is 9.98. The molecule has 0 unspecified atom stereocenters. The van der Waals surface area contributed by atoms with Crippen LogP contribution in [0.5, 0.6) is 0 Å². The lowest BCUT2D eigenvalue weighted by Gasteiger charge is -2.33. The molecular formula is C18H27N4S2+. The number of aromatic nitrogens is 1. The molecule has 6 heteroatoms. The highest BCUT2D eigenvalue weighted by molar-refractivity contribution is 7.80. The summed E-state index contributed by atoms with van der Waals surface area (Å²) in [5, 5.41) is 5.63. The van der Waals surface area contributed by atoms with E-state index in [4.69, 9.17) is 17.2 Å². The predicted molar refractivity (Wildman–Crippen MR) is 106 cm³/mol. The van der Waals surface area contributed by atoms with Gasteiger partial charge in [0.15, 0.2) is 5.11 Å². The van der Waals surface area contributed by atoms with E-state index in [2.05, 4.69) is 48.6 Å². The van der Waals surface area contributed by atoms with E-state index in [0.717, 1.165) is 49.5 Å². The van der Waals surface area contributed by atoms with Crippen molar-refractivity contribution in [3.05, 3.63) is 29.3 Å². The van der Waals surface area contributed by atoms with Crippen LogP contribution in [0.15, 0.2) is 24.3 Å². The predicted octanol–water partition coefficient (Wildman–Crippen LogP) is 1.88. The summed E-state index contributed by atoms with van der Waals surface area (Å²) in [7, 11) is 4.37. The molecule has 0 bridgehead atoms. The SMILES string of the molecule is C[NH+](C)CCCNC(=S)N1CCC(c2nc3ccccc3s2)CC1. The molecule has 24 heavy (non-hydrogen) atoms. The zero-order valence-corrected chi connectivity index (χ0v) is 16.2. The second kappa shape index (κ2) is 8.23. The van der Waals surface area contributed by atoms with Crippen molar-refractivity contribution in [2.45, 2.75) is 25.2 Å². The Morgan fingerprint density at radius 1 is 1.33 bits per heavy atom. The Balaban J connectivity index is 1.47. The van der Waals surface area contributed by atoms with E-state index in [1.165, 1.54) is 21.2 Å². The van der Waals surface area contributed by atoms with Gasteiger partial charge in [0, 0.05) is 32.0 Å². The average molecular weight is 364 g/mol. The van der Waals surface area contributed by atoms with Gasteiger partial charge in [-0.3, -0.25) is 0 Å². The summed E-state index contributed by atoms with van der Waals surface area (Å²) in [5.74, 6) is 0.582. The van der Waals surface area contributed by atoms with Crippen molar-refractivity contribution >= 4 is 38.9 Å². The van der Waals surface area contributed by atoms with Gasteiger partial charge >= 0.3 is 0 Å².